The fourth-order valence-corrected chi connectivity index (χ4v) is 2.14. The summed E-state index contributed by atoms with van der Waals surface area (Å²) < 4.78 is 5.14. The predicted octanol–water partition coefficient (Wildman–Crippen LogP) is 0.310. The molecule has 1 aliphatic heterocycles. The van der Waals surface area contributed by atoms with Gasteiger partial charge in [0, 0.05) is 18.7 Å². The average Bonchev–Trinajstić information content (AvgIpc) is 2.75. The van der Waals surface area contributed by atoms with E-state index in [1.165, 1.54) is 20.1 Å². The Hall–Kier alpha value is -2.87. The van der Waals surface area contributed by atoms with Crippen molar-refractivity contribution in [3.63, 3.8) is 0 Å². The van der Waals surface area contributed by atoms with E-state index in [0.29, 0.717) is 17.1 Å². The molecule has 0 saturated carbocycles. The number of nitrogens with zero attached hydrogens (tertiary/aromatic N) is 1. The normalized spacial score (nSPS) is 13.9. The monoisotopic (exact) mass is 319 g/mol. The van der Waals surface area contributed by atoms with Crippen LogP contribution in [0.2, 0.25) is 0 Å². The number of amides is 3. The minimum Gasteiger partial charge on any atom is -0.495 e. The second kappa shape index (κ2) is 6.93. The smallest absolute Gasteiger partial charge is 0.277 e. The first kappa shape index (κ1) is 16.5. The third-order valence-corrected chi connectivity index (χ3v) is 3.12. The fourth-order valence-electron chi connectivity index (χ4n) is 2.14. The molecule has 0 unspecified atom stereocenters. The Morgan fingerprint density at radius 2 is 2.09 bits per heavy atom. The molecule has 1 aliphatic rings. The fraction of sp³-hybridized carbons (Fsp3) is 0.267. The van der Waals surface area contributed by atoms with Gasteiger partial charge in [0.1, 0.15) is 11.4 Å². The minimum absolute atomic E-state index is 0.0564. The number of carbonyl (C=O) groups is 3. The van der Waals surface area contributed by atoms with Crippen molar-refractivity contribution in [1.82, 2.24) is 4.90 Å². The van der Waals surface area contributed by atoms with Crippen molar-refractivity contribution in [2.75, 3.05) is 30.9 Å². The van der Waals surface area contributed by atoms with Crippen LogP contribution in [-0.4, -0.2) is 48.0 Å². The van der Waals surface area contributed by atoms with E-state index in [1.54, 1.807) is 18.2 Å². The quantitative estimate of drug-likeness (QED) is 0.651. The maximum atomic E-state index is 12.1. The van der Waals surface area contributed by atoms with Crippen LogP contribution in [-0.2, 0) is 14.4 Å². The van der Waals surface area contributed by atoms with Crippen LogP contribution in [0.1, 0.15) is 6.92 Å². The van der Waals surface area contributed by atoms with Crippen LogP contribution in [0, 0.1) is 0 Å². The Bertz CT molecular complexity index is 684. The van der Waals surface area contributed by atoms with Gasteiger partial charge in [0.2, 0.25) is 5.91 Å². The summed E-state index contributed by atoms with van der Waals surface area (Å²) in [4.78, 5) is 35.9. The zero-order valence-corrected chi connectivity index (χ0v) is 12.8. The summed E-state index contributed by atoms with van der Waals surface area (Å²) in [6, 6.07) is 4.87. The number of nitrogens with one attached hydrogen (secondary N) is 2. The van der Waals surface area contributed by atoms with E-state index in [1.807, 2.05) is 0 Å². The lowest BCUT2D eigenvalue weighted by Crippen LogP contribution is -2.34. The second-order valence-electron chi connectivity index (χ2n) is 4.80. The molecule has 8 nitrogen and oxygen atoms in total. The van der Waals surface area contributed by atoms with Gasteiger partial charge in [0.05, 0.1) is 25.9 Å². The molecule has 0 aromatic heterocycles. The molecule has 0 bridgehead atoms. The number of imide groups is 1. The number of carbonyl (C=O) groups excluding carboxylic acids is 3. The SMILES string of the molecule is COc1ccc(NC2=CC(=O)N(CCO)C2=O)cc1NC(C)=O. The number of hydrogen-bond donors (Lipinski definition) is 3. The lowest BCUT2D eigenvalue weighted by Gasteiger charge is -2.14. The first-order chi connectivity index (χ1) is 11.0. The molecule has 0 atom stereocenters. The average molecular weight is 319 g/mol. The van der Waals surface area contributed by atoms with Crippen molar-refractivity contribution >= 4 is 29.1 Å². The van der Waals surface area contributed by atoms with E-state index >= 15 is 0 Å². The lowest BCUT2D eigenvalue weighted by atomic mass is 10.2. The van der Waals surface area contributed by atoms with Crippen LogP contribution in [0.3, 0.4) is 0 Å². The van der Waals surface area contributed by atoms with Crippen LogP contribution in [0.15, 0.2) is 30.0 Å². The summed E-state index contributed by atoms with van der Waals surface area (Å²) in [5, 5.41) is 14.3. The number of hydrogen-bond acceptors (Lipinski definition) is 6. The molecule has 0 spiro atoms. The van der Waals surface area contributed by atoms with Crippen molar-refractivity contribution < 1.29 is 24.2 Å². The van der Waals surface area contributed by atoms with E-state index in [4.69, 9.17) is 9.84 Å². The zero-order chi connectivity index (χ0) is 17.0. The van der Waals surface area contributed by atoms with Gasteiger partial charge in [0.15, 0.2) is 0 Å². The van der Waals surface area contributed by atoms with E-state index in [9.17, 15) is 14.4 Å². The van der Waals surface area contributed by atoms with Gasteiger partial charge >= 0.3 is 0 Å². The molecule has 3 amide bonds. The number of methoxy groups -OCH3 is 1. The summed E-state index contributed by atoms with van der Waals surface area (Å²) in [6.45, 7) is 1.01. The molecule has 122 valence electrons. The number of ether oxygens (including phenoxy) is 1. The van der Waals surface area contributed by atoms with Crippen molar-refractivity contribution in [1.29, 1.82) is 0 Å². The number of aliphatic hydroxyl groups excluding tert-OH is 1. The lowest BCUT2D eigenvalue weighted by molar-refractivity contribution is -0.137. The van der Waals surface area contributed by atoms with Gasteiger partial charge in [-0.15, -0.1) is 0 Å². The Labute approximate surface area is 132 Å². The Balaban J connectivity index is 2.20. The summed E-state index contributed by atoms with van der Waals surface area (Å²) in [5.41, 5.74) is 1.05. The van der Waals surface area contributed by atoms with Gasteiger partial charge in [-0.2, -0.15) is 0 Å². The van der Waals surface area contributed by atoms with E-state index < -0.39 is 11.8 Å². The summed E-state index contributed by atoms with van der Waals surface area (Å²) in [5.74, 6) is -0.792. The molecule has 23 heavy (non-hydrogen) atoms. The Morgan fingerprint density at radius 3 is 2.70 bits per heavy atom. The number of β-amino-alcohol motifs (C(OH)–C–C–N with tert-alkyl or cyclic N) is 1. The number of aliphatic hydroxyl groups is 1. The summed E-state index contributed by atoms with van der Waals surface area (Å²) in [7, 11) is 1.47. The van der Waals surface area contributed by atoms with Gasteiger partial charge in [-0.25, -0.2) is 0 Å². The van der Waals surface area contributed by atoms with E-state index in [0.717, 1.165) is 4.90 Å². The topological polar surface area (TPSA) is 108 Å². The molecule has 2 rings (SSSR count). The molecule has 1 aromatic rings. The van der Waals surface area contributed by atoms with Crippen LogP contribution in [0.4, 0.5) is 11.4 Å². The third kappa shape index (κ3) is 3.67. The number of anilines is 2. The van der Waals surface area contributed by atoms with E-state index in [-0.39, 0.29) is 24.8 Å². The molecular weight excluding hydrogens is 302 g/mol. The minimum atomic E-state index is -0.513. The predicted molar refractivity (Wildman–Crippen MR) is 82.8 cm³/mol. The number of benzene rings is 1. The maximum Gasteiger partial charge on any atom is 0.277 e. The molecule has 3 N–H and O–H groups in total. The molecule has 1 heterocycles. The van der Waals surface area contributed by atoms with Gasteiger partial charge in [-0.05, 0) is 18.2 Å². The third-order valence-electron chi connectivity index (χ3n) is 3.12. The maximum absolute atomic E-state index is 12.1. The van der Waals surface area contributed by atoms with Gasteiger partial charge in [0.25, 0.3) is 11.8 Å². The summed E-state index contributed by atoms with van der Waals surface area (Å²) in [6.07, 6.45) is 1.17. The second-order valence-corrected chi connectivity index (χ2v) is 4.80. The molecule has 0 radical (unpaired) electrons. The first-order valence-corrected chi connectivity index (χ1v) is 6.87. The first-order valence-electron chi connectivity index (χ1n) is 6.87. The summed E-state index contributed by atoms with van der Waals surface area (Å²) >= 11 is 0. The molecule has 0 fully saturated rings. The largest absolute Gasteiger partial charge is 0.495 e. The molecule has 0 saturated heterocycles. The van der Waals surface area contributed by atoms with Gasteiger partial charge in [-0.1, -0.05) is 0 Å². The Kier molecular flexibility index (Phi) is 4.97. The highest BCUT2D eigenvalue weighted by atomic mass is 16.5. The molecular formula is C15H17N3O5. The highest BCUT2D eigenvalue weighted by Gasteiger charge is 2.30. The molecule has 1 aromatic carbocycles. The highest BCUT2D eigenvalue weighted by Crippen LogP contribution is 2.29. The van der Waals surface area contributed by atoms with Gasteiger partial charge in [-0.3, -0.25) is 19.3 Å². The van der Waals surface area contributed by atoms with Crippen LogP contribution >= 0.6 is 0 Å². The van der Waals surface area contributed by atoms with Crippen molar-refractivity contribution in [2.45, 2.75) is 6.92 Å². The van der Waals surface area contributed by atoms with Crippen molar-refractivity contribution in [3.05, 3.63) is 30.0 Å². The van der Waals surface area contributed by atoms with E-state index in [2.05, 4.69) is 10.6 Å². The highest BCUT2D eigenvalue weighted by molar-refractivity contribution is 6.17. The van der Waals surface area contributed by atoms with Crippen LogP contribution < -0.4 is 15.4 Å². The van der Waals surface area contributed by atoms with Crippen LogP contribution in [0.25, 0.3) is 0 Å². The van der Waals surface area contributed by atoms with Crippen LogP contribution in [0.5, 0.6) is 5.75 Å². The standard InChI is InChI=1S/C15H17N3O5/c1-9(20)16-11-7-10(3-4-13(11)23-2)17-12-8-14(21)18(5-6-19)15(12)22/h3-4,7-8,17,19H,5-6H2,1-2H3,(H,16,20). The van der Waals surface area contributed by atoms with Crippen molar-refractivity contribution in [2.24, 2.45) is 0 Å². The number of rotatable bonds is 6. The molecule has 0 aliphatic carbocycles. The van der Waals surface area contributed by atoms with Crippen molar-refractivity contribution in [3.8, 4) is 5.75 Å². The Morgan fingerprint density at radius 1 is 1.35 bits per heavy atom. The van der Waals surface area contributed by atoms with Gasteiger partial charge < -0.3 is 20.5 Å². The molecule has 8 heteroatoms. The zero-order valence-electron chi connectivity index (χ0n) is 12.8.